The van der Waals surface area contributed by atoms with Gasteiger partial charge in [-0.3, -0.25) is 14.5 Å². The van der Waals surface area contributed by atoms with Crippen molar-refractivity contribution >= 4 is 23.2 Å². The Morgan fingerprint density at radius 3 is 2.31 bits per heavy atom. The Morgan fingerprint density at radius 2 is 1.69 bits per heavy atom. The summed E-state index contributed by atoms with van der Waals surface area (Å²) in [5.41, 5.74) is 1.33. The number of thiophene rings is 1. The first kappa shape index (κ1) is 19.4. The van der Waals surface area contributed by atoms with Crippen LogP contribution in [0, 0.1) is 0 Å². The highest BCUT2D eigenvalue weighted by Gasteiger charge is 2.26. The molecular formula is C20H31N3O2S. The Bertz CT molecular complexity index is 629. The summed E-state index contributed by atoms with van der Waals surface area (Å²) < 4.78 is 0. The molecule has 0 aromatic carbocycles. The number of nitrogens with zero attached hydrogens (tertiary/aromatic N) is 3. The van der Waals surface area contributed by atoms with Gasteiger partial charge in [0, 0.05) is 44.1 Å². The molecule has 0 saturated carbocycles. The maximum absolute atomic E-state index is 12.9. The molecule has 144 valence electrons. The molecule has 0 bridgehead atoms. The first-order valence-corrected chi connectivity index (χ1v) is 10.8. The third-order valence-electron chi connectivity index (χ3n) is 5.44. The first-order chi connectivity index (χ1) is 12.6. The van der Waals surface area contributed by atoms with Crippen molar-refractivity contribution in [1.82, 2.24) is 14.7 Å². The van der Waals surface area contributed by atoms with Crippen molar-refractivity contribution < 1.29 is 9.59 Å². The zero-order valence-corrected chi connectivity index (χ0v) is 16.9. The topological polar surface area (TPSA) is 43.9 Å². The van der Waals surface area contributed by atoms with Crippen molar-refractivity contribution in [3.63, 3.8) is 0 Å². The van der Waals surface area contributed by atoms with E-state index in [1.807, 2.05) is 9.80 Å². The van der Waals surface area contributed by atoms with Crippen LogP contribution in [0.15, 0.2) is 6.07 Å². The predicted molar refractivity (Wildman–Crippen MR) is 106 cm³/mol. The van der Waals surface area contributed by atoms with Crippen molar-refractivity contribution in [3.8, 4) is 0 Å². The van der Waals surface area contributed by atoms with E-state index in [2.05, 4.69) is 24.8 Å². The van der Waals surface area contributed by atoms with Crippen molar-refractivity contribution in [2.75, 3.05) is 45.8 Å². The van der Waals surface area contributed by atoms with Gasteiger partial charge in [0.1, 0.15) is 0 Å². The quantitative estimate of drug-likeness (QED) is 0.765. The summed E-state index contributed by atoms with van der Waals surface area (Å²) in [7, 11) is 0. The third kappa shape index (κ3) is 4.46. The number of hydrogen-bond acceptors (Lipinski definition) is 4. The van der Waals surface area contributed by atoms with Crippen LogP contribution in [0.1, 0.15) is 53.2 Å². The van der Waals surface area contributed by atoms with Crippen LogP contribution < -0.4 is 0 Å². The van der Waals surface area contributed by atoms with Gasteiger partial charge in [0.2, 0.25) is 5.91 Å². The molecule has 2 aliphatic heterocycles. The molecule has 1 aromatic heterocycles. The van der Waals surface area contributed by atoms with Crippen LogP contribution in [0.3, 0.4) is 0 Å². The molecule has 2 saturated heterocycles. The van der Waals surface area contributed by atoms with Gasteiger partial charge < -0.3 is 9.80 Å². The highest BCUT2D eigenvalue weighted by Crippen LogP contribution is 2.26. The normalized spacial score (nSPS) is 18.5. The second-order valence-corrected chi connectivity index (χ2v) is 8.46. The predicted octanol–water partition coefficient (Wildman–Crippen LogP) is 2.64. The largest absolute Gasteiger partial charge is 0.342 e. The number of carbonyl (C=O) groups is 2. The van der Waals surface area contributed by atoms with E-state index in [-0.39, 0.29) is 11.8 Å². The molecule has 6 heteroatoms. The molecular weight excluding hydrogens is 346 g/mol. The SMILES string of the molecule is CCCc1sc(C(=O)N2CCN(CC(=O)N3CCCC3)CC2)cc1CC. The first-order valence-electron chi connectivity index (χ1n) is 10.0. The number of piperazine rings is 1. The van der Waals surface area contributed by atoms with E-state index in [0.717, 1.165) is 63.2 Å². The average molecular weight is 378 g/mol. The lowest BCUT2D eigenvalue weighted by molar-refractivity contribution is -0.131. The second-order valence-electron chi connectivity index (χ2n) is 7.32. The van der Waals surface area contributed by atoms with E-state index in [0.29, 0.717) is 19.6 Å². The smallest absolute Gasteiger partial charge is 0.264 e. The van der Waals surface area contributed by atoms with Gasteiger partial charge in [-0.15, -0.1) is 11.3 Å². The zero-order valence-electron chi connectivity index (χ0n) is 16.1. The average Bonchev–Trinajstić information content (AvgIpc) is 3.32. The fourth-order valence-corrected chi connectivity index (χ4v) is 5.16. The summed E-state index contributed by atoms with van der Waals surface area (Å²) in [5, 5.41) is 0. The lowest BCUT2D eigenvalue weighted by atomic mass is 10.1. The molecule has 5 nitrogen and oxygen atoms in total. The Labute approximate surface area is 161 Å². The lowest BCUT2D eigenvalue weighted by Gasteiger charge is -2.34. The van der Waals surface area contributed by atoms with Crippen molar-refractivity contribution in [2.24, 2.45) is 0 Å². The van der Waals surface area contributed by atoms with Crippen LogP contribution in [-0.2, 0) is 17.6 Å². The molecule has 26 heavy (non-hydrogen) atoms. The van der Waals surface area contributed by atoms with Gasteiger partial charge in [-0.2, -0.15) is 0 Å². The minimum Gasteiger partial charge on any atom is -0.342 e. The molecule has 0 atom stereocenters. The minimum absolute atomic E-state index is 0.164. The zero-order chi connectivity index (χ0) is 18.5. The van der Waals surface area contributed by atoms with E-state index in [1.165, 1.54) is 10.4 Å². The van der Waals surface area contributed by atoms with Gasteiger partial charge in [-0.05, 0) is 37.3 Å². The Balaban J connectivity index is 1.52. The molecule has 3 heterocycles. The van der Waals surface area contributed by atoms with Gasteiger partial charge in [0.15, 0.2) is 0 Å². The van der Waals surface area contributed by atoms with E-state index in [9.17, 15) is 9.59 Å². The van der Waals surface area contributed by atoms with Gasteiger partial charge in [-0.1, -0.05) is 20.3 Å². The summed E-state index contributed by atoms with van der Waals surface area (Å²) >= 11 is 1.67. The minimum atomic E-state index is 0.164. The van der Waals surface area contributed by atoms with Crippen LogP contribution in [0.25, 0.3) is 0 Å². The molecule has 2 fully saturated rings. The number of amides is 2. The molecule has 0 spiro atoms. The monoisotopic (exact) mass is 377 g/mol. The fraction of sp³-hybridized carbons (Fsp3) is 0.700. The Kier molecular flexibility index (Phi) is 6.70. The maximum Gasteiger partial charge on any atom is 0.264 e. The van der Waals surface area contributed by atoms with Crippen molar-refractivity contribution in [1.29, 1.82) is 0 Å². The molecule has 0 N–H and O–H groups in total. The number of hydrogen-bond donors (Lipinski definition) is 0. The van der Waals surface area contributed by atoms with Gasteiger partial charge in [0.05, 0.1) is 11.4 Å². The summed E-state index contributed by atoms with van der Waals surface area (Å²) in [6.45, 7) is 9.68. The summed E-state index contributed by atoms with van der Waals surface area (Å²) in [6, 6.07) is 2.10. The maximum atomic E-state index is 12.9. The highest BCUT2D eigenvalue weighted by atomic mass is 32.1. The van der Waals surface area contributed by atoms with Crippen LogP contribution in [0.5, 0.6) is 0 Å². The van der Waals surface area contributed by atoms with Gasteiger partial charge in [-0.25, -0.2) is 0 Å². The molecule has 3 rings (SSSR count). The van der Waals surface area contributed by atoms with E-state index in [4.69, 9.17) is 0 Å². The molecule has 0 unspecified atom stereocenters. The fourth-order valence-electron chi connectivity index (χ4n) is 3.83. The van der Waals surface area contributed by atoms with Crippen LogP contribution >= 0.6 is 11.3 Å². The lowest BCUT2D eigenvalue weighted by Crippen LogP contribution is -2.51. The van der Waals surface area contributed by atoms with E-state index in [1.54, 1.807) is 11.3 Å². The molecule has 2 amide bonds. The van der Waals surface area contributed by atoms with E-state index >= 15 is 0 Å². The van der Waals surface area contributed by atoms with Gasteiger partial charge in [0.25, 0.3) is 5.91 Å². The number of carbonyl (C=O) groups excluding carboxylic acids is 2. The number of likely N-dealkylation sites (tertiary alicyclic amines) is 1. The number of rotatable bonds is 6. The molecule has 0 aliphatic carbocycles. The molecule has 2 aliphatic rings. The Morgan fingerprint density at radius 1 is 1.00 bits per heavy atom. The summed E-state index contributed by atoms with van der Waals surface area (Å²) in [6.07, 6.45) is 5.44. The van der Waals surface area contributed by atoms with Crippen molar-refractivity contribution in [3.05, 3.63) is 21.4 Å². The third-order valence-corrected chi connectivity index (χ3v) is 6.67. The van der Waals surface area contributed by atoms with E-state index < -0.39 is 0 Å². The van der Waals surface area contributed by atoms with Crippen LogP contribution in [0.4, 0.5) is 0 Å². The second kappa shape index (κ2) is 9.00. The standard InChI is InChI=1S/C20H31N3O2S/c1-3-7-17-16(4-2)14-18(26-17)20(25)23-12-10-21(11-13-23)15-19(24)22-8-5-6-9-22/h14H,3-13,15H2,1-2H3. The summed E-state index contributed by atoms with van der Waals surface area (Å²) in [4.78, 5) is 33.5. The molecule has 1 aromatic rings. The molecule has 0 radical (unpaired) electrons. The van der Waals surface area contributed by atoms with Crippen molar-refractivity contribution in [2.45, 2.75) is 46.0 Å². The summed E-state index contributed by atoms with van der Waals surface area (Å²) in [5.74, 6) is 0.412. The van der Waals surface area contributed by atoms with Gasteiger partial charge >= 0.3 is 0 Å². The number of aryl methyl sites for hydroxylation is 2. The van der Waals surface area contributed by atoms with Crippen LogP contribution in [-0.4, -0.2) is 72.3 Å². The highest BCUT2D eigenvalue weighted by molar-refractivity contribution is 7.14. The Hall–Kier alpha value is -1.40. The van der Waals surface area contributed by atoms with Crippen LogP contribution in [0.2, 0.25) is 0 Å².